The van der Waals surface area contributed by atoms with Gasteiger partial charge in [-0.15, -0.1) is 0 Å². The first-order valence-corrected chi connectivity index (χ1v) is 16.1. The maximum absolute atomic E-state index is 11.2. The Morgan fingerprint density at radius 1 is 0.629 bits per heavy atom. The zero-order valence-corrected chi connectivity index (χ0v) is 23.7. The Labute approximate surface area is 217 Å². The van der Waals surface area contributed by atoms with Crippen LogP contribution in [0.1, 0.15) is 147 Å². The van der Waals surface area contributed by atoms with E-state index in [1.165, 1.54) is 134 Å². The Hall–Kier alpha value is -1.07. The van der Waals surface area contributed by atoms with Crippen LogP contribution in [-0.4, -0.2) is 19.6 Å². The fourth-order valence-corrected chi connectivity index (χ4v) is 5.43. The van der Waals surface area contributed by atoms with Crippen LogP contribution in [0.15, 0.2) is 23.1 Å². The summed E-state index contributed by atoms with van der Waals surface area (Å²) in [5.41, 5.74) is 0.504. The minimum absolute atomic E-state index is 0.0565. The number of unbranched alkanes of at least 4 members (excludes halogenated alkanes) is 20. The molecule has 0 aliphatic rings. The van der Waals surface area contributed by atoms with E-state index in [0.717, 1.165) is 6.42 Å². The summed E-state index contributed by atoms with van der Waals surface area (Å²) >= 11 is 0. The second kappa shape index (κ2) is 21.1. The molecule has 0 saturated carbocycles. The van der Waals surface area contributed by atoms with Crippen molar-refractivity contribution in [2.24, 2.45) is 0 Å². The topological polar surface area (TPSA) is 63.6 Å². The first-order valence-electron chi connectivity index (χ1n) is 14.7. The summed E-state index contributed by atoms with van der Waals surface area (Å²) in [6.45, 7) is 4.59. The quantitative estimate of drug-likeness (QED) is 0.111. The van der Waals surface area contributed by atoms with Gasteiger partial charge in [-0.05, 0) is 37.1 Å². The molecular weight excluding hydrogens is 456 g/mol. The maximum Gasteiger partial charge on any atom is 0.294 e. The highest BCUT2D eigenvalue weighted by Crippen LogP contribution is 2.21. The van der Waals surface area contributed by atoms with Gasteiger partial charge in [0.1, 0.15) is 5.75 Å². The Morgan fingerprint density at radius 3 is 1.34 bits per heavy atom. The van der Waals surface area contributed by atoms with Gasteiger partial charge in [-0.2, -0.15) is 8.42 Å². The molecule has 0 bridgehead atoms. The minimum Gasteiger partial charge on any atom is -0.494 e. The highest BCUT2D eigenvalue weighted by Gasteiger charge is 2.13. The molecule has 0 amide bonds. The van der Waals surface area contributed by atoms with Crippen molar-refractivity contribution in [1.82, 2.24) is 0 Å². The largest absolute Gasteiger partial charge is 0.494 e. The lowest BCUT2D eigenvalue weighted by atomic mass is 10.0. The van der Waals surface area contributed by atoms with E-state index in [0.29, 0.717) is 17.9 Å². The molecule has 0 heterocycles. The number of rotatable bonds is 24. The van der Waals surface area contributed by atoms with Gasteiger partial charge in [-0.3, -0.25) is 4.55 Å². The van der Waals surface area contributed by atoms with Crippen LogP contribution in [0.25, 0.3) is 0 Å². The van der Waals surface area contributed by atoms with E-state index >= 15 is 0 Å². The van der Waals surface area contributed by atoms with Crippen molar-refractivity contribution in [3.8, 4) is 5.75 Å². The average Bonchev–Trinajstić information content (AvgIpc) is 2.81. The van der Waals surface area contributed by atoms with Crippen LogP contribution < -0.4 is 4.74 Å². The van der Waals surface area contributed by atoms with Crippen LogP contribution in [-0.2, 0) is 10.1 Å². The van der Waals surface area contributed by atoms with Gasteiger partial charge in [0.25, 0.3) is 10.1 Å². The zero-order chi connectivity index (χ0) is 25.6. The Balaban J connectivity index is 1.80. The third-order valence-corrected chi connectivity index (χ3v) is 7.95. The van der Waals surface area contributed by atoms with Crippen LogP contribution in [0.5, 0.6) is 5.75 Å². The molecule has 0 saturated heterocycles. The lowest BCUT2D eigenvalue weighted by molar-refractivity contribution is 0.304. The van der Waals surface area contributed by atoms with Crippen LogP contribution in [0.2, 0.25) is 0 Å². The molecule has 0 unspecified atom stereocenters. The van der Waals surface area contributed by atoms with Crippen molar-refractivity contribution in [3.05, 3.63) is 23.8 Å². The molecule has 1 aromatic rings. The van der Waals surface area contributed by atoms with Gasteiger partial charge in [0, 0.05) is 0 Å². The Kier molecular flexibility index (Phi) is 19.2. The first kappa shape index (κ1) is 32.0. The fourth-order valence-electron chi connectivity index (χ4n) is 4.73. The van der Waals surface area contributed by atoms with Crippen molar-refractivity contribution in [1.29, 1.82) is 0 Å². The van der Waals surface area contributed by atoms with Crippen LogP contribution >= 0.6 is 0 Å². The molecule has 0 radical (unpaired) electrons. The van der Waals surface area contributed by atoms with E-state index in [1.54, 1.807) is 19.1 Å². The number of aryl methyl sites for hydroxylation is 1. The third-order valence-electron chi connectivity index (χ3n) is 6.94. The molecule has 0 aliphatic heterocycles. The second-order valence-electron chi connectivity index (χ2n) is 10.3. The highest BCUT2D eigenvalue weighted by atomic mass is 32.2. The molecule has 0 aliphatic carbocycles. The molecular formula is C30H54O4S. The molecule has 4 nitrogen and oxygen atoms in total. The van der Waals surface area contributed by atoms with Crippen LogP contribution in [0, 0.1) is 6.92 Å². The summed E-state index contributed by atoms with van der Waals surface area (Å²) in [6, 6.07) is 4.67. The third kappa shape index (κ3) is 17.9. The van der Waals surface area contributed by atoms with Gasteiger partial charge in [-0.25, -0.2) is 0 Å². The molecule has 1 N–H and O–H groups in total. The summed E-state index contributed by atoms with van der Waals surface area (Å²) in [5, 5.41) is 0. The summed E-state index contributed by atoms with van der Waals surface area (Å²) < 4.78 is 37.4. The van der Waals surface area contributed by atoms with E-state index in [2.05, 4.69) is 6.92 Å². The molecule has 1 aromatic carbocycles. The molecule has 204 valence electrons. The van der Waals surface area contributed by atoms with E-state index in [1.807, 2.05) is 0 Å². The van der Waals surface area contributed by atoms with E-state index in [-0.39, 0.29) is 4.90 Å². The summed E-state index contributed by atoms with van der Waals surface area (Å²) in [7, 11) is -4.16. The second-order valence-corrected chi connectivity index (χ2v) is 11.7. The first-order chi connectivity index (χ1) is 16.9. The van der Waals surface area contributed by atoms with Crippen molar-refractivity contribution in [2.75, 3.05) is 6.61 Å². The summed E-state index contributed by atoms with van der Waals surface area (Å²) in [4.78, 5) is -0.0565. The van der Waals surface area contributed by atoms with Gasteiger partial charge in [0.05, 0.1) is 11.5 Å². The minimum atomic E-state index is -4.16. The molecule has 0 atom stereocenters. The van der Waals surface area contributed by atoms with Crippen LogP contribution in [0.4, 0.5) is 0 Å². The lowest BCUT2D eigenvalue weighted by Crippen LogP contribution is -2.02. The number of ether oxygens (including phenoxy) is 1. The predicted octanol–water partition coefficient (Wildman–Crippen LogP) is 9.83. The van der Waals surface area contributed by atoms with Crippen LogP contribution in [0.3, 0.4) is 0 Å². The number of benzene rings is 1. The Morgan fingerprint density at radius 2 is 1.00 bits per heavy atom. The number of hydrogen-bond donors (Lipinski definition) is 1. The molecule has 0 aromatic heterocycles. The van der Waals surface area contributed by atoms with E-state index in [9.17, 15) is 8.42 Å². The summed E-state index contributed by atoms with van der Waals surface area (Å²) in [5.74, 6) is 0.656. The molecule has 0 fully saturated rings. The fraction of sp³-hybridized carbons (Fsp3) is 0.800. The standard InChI is InChI=1S/C30H54O4S/c1-3-4-5-6-7-8-9-10-11-12-13-14-15-16-17-18-19-20-21-22-23-26-34-29-24-25-30(28(2)27-29)35(31,32)33/h24-25,27H,3-23,26H2,1-2H3,(H,31,32,33). The lowest BCUT2D eigenvalue weighted by Gasteiger charge is -2.09. The van der Waals surface area contributed by atoms with Gasteiger partial charge in [-0.1, -0.05) is 135 Å². The average molecular weight is 511 g/mol. The zero-order valence-electron chi connectivity index (χ0n) is 22.9. The number of hydrogen-bond acceptors (Lipinski definition) is 3. The van der Waals surface area contributed by atoms with Gasteiger partial charge in [0.2, 0.25) is 0 Å². The molecule has 5 heteroatoms. The Bertz CT molecular complexity index is 730. The predicted molar refractivity (Wildman–Crippen MR) is 149 cm³/mol. The van der Waals surface area contributed by atoms with Gasteiger partial charge in [0.15, 0.2) is 0 Å². The SMILES string of the molecule is CCCCCCCCCCCCCCCCCCCCCCCOc1ccc(S(=O)(=O)O)c(C)c1. The van der Waals surface area contributed by atoms with E-state index in [4.69, 9.17) is 9.29 Å². The van der Waals surface area contributed by atoms with Gasteiger partial charge < -0.3 is 4.74 Å². The van der Waals surface area contributed by atoms with Gasteiger partial charge >= 0.3 is 0 Å². The highest BCUT2D eigenvalue weighted by molar-refractivity contribution is 7.85. The smallest absolute Gasteiger partial charge is 0.294 e. The normalized spacial score (nSPS) is 11.7. The van der Waals surface area contributed by atoms with Crippen molar-refractivity contribution < 1.29 is 17.7 Å². The monoisotopic (exact) mass is 510 g/mol. The maximum atomic E-state index is 11.2. The van der Waals surface area contributed by atoms with Crippen molar-refractivity contribution in [3.63, 3.8) is 0 Å². The van der Waals surface area contributed by atoms with Crippen molar-refractivity contribution >= 4 is 10.1 Å². The summed E-state index contributed by atoms with van der Waals surface area (Å²) in [6.07, 6.45) is 28.9. The van der Waals surface area contributed by atoms with E-state index < -0.39 is 10.1 Å². The molecule has 35 heavy (non-hydrogen) atoms. The molecule has 0 spiro atoms. The molecule has 1 rings (SSSR count). The van der Waals surface area contributed by atoms with Crippen molar-refractivity contribution in [2.45, 2.75) is 154 Å².